The van der Waals surface area contributed by atoms with Crippen molar-refractivity contribution in [2.75, 3.05) is 5.32 Å². The van der Waals surface area contributed by atoms with Gasteiger partial charge in [-0.2, -0.15) is 0 Å². The lowest BCUT2D eigenvalue weighted by Crippen LogP contribution is -2.13. The van der Waals surface area contributed by atoms with E-state index in [9.17, 15) is 19.3 Å². The fourth-order valence-corrected chi connectivity index (χ4v) is 1.34. The number of nitrogens with zero attached hydrogens (tertiary/aromatic N) is 2. The molecule has 0 atom stereocenters. The number of aromatic amines is 1. The molecule has 0 saturated carbocycles. The van der Waals surface area contributed by atoms with Crippen molar-refractivity contribution in [2.45, 2.75) is 0 Å². The third-order valence-electron chi connectivity index (χ3n) is 2.15. The van der Waals surface area contributed by atoms with Gasteiger partial charge < -0.3 is 10.3 Å². The van der Waals surface area contributed by atoms with Crippen molar-refractivity contribution in [3.63, 3.8) is 0 Å². The number of H-pyrrole nitrogens is 1. The Morgan fingerprint density at radius 3 is 2.89 bits per heavy atom. The van der Waals surface area contributed by atoms with Crippen LogP contribution < -0.4 is 5.32 Å². The summed E-state index contributed by atoms with van der Waals surface area (Å²) < 4.78 is 13.0. The van der Waals surface area contributed by atoms with Crippen molar-refractivity contribution >= 4 is 17.3 Å². The molecule has 0 radical (unpaired) electrons. The highest BCUT2D eigenvalue weighted by Gasteiger charge is 2.17. The summed E-state index contributed by atoms with van der Waals surface area (Å²) in [4.78, 5) is 27.8. The Kier molecular flexibility index (Phi) is 3.00. The fraction of sp³-hybridized carbons (Fsp3) is 0. The van der Waals surface area contributed by atoms with E-state index in [2.05, 4.69) is 15.3 Å². The van der Waals surface area contributed by atoms with Gasteiger partial charge in [0.1, 0.15) is 17.2 Å². The van der Waals surface area contributed by atoms with Gasteiger partial charge in [-0.3, -0.25) is 14.9 Å². The number of hydrogen-bond acceptors (Lipinski definition) is 4. The average Bonchev–Trinajstić information content (AvgIpc) is 2.81. The van der Waals surface area contributed by atoms with Crippen molar-refractivity contribution < 1.29 is 14.1 Å². The van der Waals surface area contributed by atoms with E-state index in [0.717, 1.165) is 18.2 Å². The number of amides is 1. The van der Waals surface area contributed by atoms with Crippen molar-refractivity contribution in [1.29, 1.82) is 0 Å². The number of nitro benzene ring substituents is 1. The first-order chi connectivity index (χ1) is 8.58. The van der Waals surface area contributed by atoms with Crippen LogP contribution in [-0.4, -0.2) is 20.8 Å². The zero-order valence-corrected chi connectivity index (χ0v) is 8.88. The van der Waals surface area contributed by atoms with Crippen LogP contribution in [0.3, 0.4) is 0 Å². The number of imidazole rings is 1. The Morgan fingerprint density at radius 1 is 1.50 bits per heavy atom. The molecule has 0 fully saturated rings. The van der Waals surface area contributed by atoms with Crippen LogP contribution >= 0.6 is 0 Å². The number of hydrogen-bond donors (Lipinski definition) is 2. The molecule has 1 heterocycles. The van der Waals surface area contributed by atoms with E-state index in [4.69, 9.17) is 0 Å². The maximum atomic E-state index is 13.0. The molecule has 1 aromatic carbocycles. The van der Waals surface area contributed by atoms with Crippen LogP contribution in [0.25, 0.3) is 0 Å². The van der Waals surface area contributed by atoms with Crippen LogP contribution in [0.5, 0.6) is 0 Å². The van der Waals surface area contributed by atoms with Gasteiger partial charge in [0.15, 0.2) is 0 Å². The highest BCUT2D eigenvalue weighted by molar-refractivity contribution is 6.03. The summed E-state index contributed by atoms with van der Waals surface area (Å²) in [5.41, 5.74) is -0.475. The van der Waals surface area contributed by atoms with Gasteiger partial charge in [0.2, 0.25) is 0 Å². The van der Waals surface area contributed by atoms with Crippen molar-refractivity contribution in [3.05, 3.63) is 52.3 Å². The summed E-state index contributed by atoms with van der Waals surface area (Å²) in [5.74, 6) is -1.32. The van der Waals surface area contributed by atoms with E-state index in [-0.39, 0.29) is 17.1 Å². The molecule has 2 rings (SSSR count). The molecular weight excluding hydrogens is 243 g/mol. The molecule has 1 aromatic heterocycles. The Hall–Kier alpha value is -2.77. The molecule has 0 aliphatic heterocycles. The minimum absolute atomic E-state index is 0.119. The maximum absolute atomic E-state index is 13.0. The van der Waals surface area contributed by atoms with E-state index in [1.165, 1.54) is 12.5 Å². The molecule has 18 heavy (non-hydrogen) atoms. The third kappa shape index (κ3) is 2.32. The van der Waals surface area contributed by atoms with Crippen LogP contribution in [0.1, 0.15) is 10.5 Å². The molecule has 1 amide bonds. The second-order valence-corrected chi connectivity index (χ2v) is 3.34. The molecule has 0 spiro atoms. The van der Waals surface area contributed by atoms with Gasteiger partial charge in [0, 0.05) is 12.1 Å². The highest BCUT2D eigenvalue weighted by atomic mass is 19.1. The Labute approximate surface area is 99.8 Å². The summed E-state index contributed by atoms with van der Waals surface area (Å²) in [5, 5.41) is 13.0. The van der Waals surface area contributed by atoms with Crippen LogP contribution in [0, 0.1) is 15.9 Å². The standard InChI is InChI=1S/C10H7FN4O3/c11-6-1-2-9(15(17)18)7(3-6)14-10(16)8-4-12-5-13-8/h1-5H,(H,12,13)(H,14,16). The van der Waals surface area contributed by atoms with Crippen molar-refractivity contribution in [3.8, 4) is 0 Å². The Bertz CT molecular complexity index is 597. The molecule has 0 aliphatic carbocycles. The largest absolute Gasteiger partial charge is 0.341 e. The lowest BCUT2D eigenvalue weighted by atomic mass is 10.2. The van der Waals surface area contributed by atoms with Gasteiger partial charge in [0.05, 0.1) is 17.4 Å². The minimum Gasteiger partial charge on any atom is -0.341 e. The van der Waals surface area contributed by atoms with Gasteiger partial charge in [0.25, 0.3) is 11.6 Å². The summed E-state index contributed by atoms with van der Waals surface area (Å²) in [6.45, 7) is 0. The van der Waals surface area contributed by atoms with Crippen LogP contribution in [0.15, 0.2) is 30.7 Å². The number of halogens is 1. The van der Waals surface area contributed by atoms with E-state index >= 15 is 0 Å². The smallest absolute Gasteiger partial charge is 0.292 e. The zero-order valence-electron chi connectivity index (χ0n) is 8.88. The van der Waals surface area contributed by atoms with E-state index in [1.807, 2.05) is 0 Å². The second kappa shape index (κ2) is 4.62. The number of nitro groups is 1. The van der Waals surface area contributed by atoms with Crippen LogP contribution in [0.2, 0.25) is 0 Å². The first-order valence-electron chi connectivity index (χ1n) is 4.81. The molecule has 0 bridgehead atoms. The van der Waals surface area contributed by atoms with E-state index in [0.29, 0.717) is 0 Å². The first kappa shape index (κ1) is 11.7. The van der Waals surface area contributed by atoms with E-state index in [1.54, 1.807) is 0 Å². The molecule has 8 heteroatoms. The lowest BCUT2D eigenvalue weighted by molar-refractivity contribution is -0.384. The first-order valence-corrected chi connectivity index (χ1v) is 4.81. The molecule has 7 nitrogen and oxygen atoms in total. The summed E-state index contributed by atoms with van der Waals surface area (Å²) in [7, 11) is 0. The molecule has 0 aliphatic rings. The van der Waals surface area contributed by atoms with Gasteiger partial charge in [-0.25, -0.2) is 9.37 Å². The quantitative estimate of drug-likeness (QED) is 0.639. The maximum Gasteiger partial charge on any atom is 0.292 e. The Balaban J connectivity index is 2.31. The number of anilines is 1. The minimum atomic E-state index is -0.706. The number of nitrogens with one attached hydrogen (secondary N) is 2. The van der Waals surface area contributed by atoms with Crippen LogP contribution in [0.4, 0.5) is 15.8 Å². The number of benzene rings is 1. The molecular formula is C10H7FN4O3. The molecule has 2 N–H and O–H groups in total. The monoisotopic (exact) mass is 250 g/mol. The number of aromatic nitrogens is 2. The van der Waals surface area contributed by atoms with E-state index < -0.39 is 16.6 Å². The van der Waals surface area contributed by atoms with Gasteiger partial charge in [-0.1, -0.05) is 0 Å². The zero-order chi connectivity index (χ0) is 13.1. The summed E-state index contributed by atoms with van der Waals surface area (Å²) in [6.07, 6.45) is 2.54. The van der Waals surface area contributed by atoms with Crippen LogP contribution in [-0.2, 0) is 0 Å². The van der Waals surface area contributed by atoms with Gasteiger partial charge >= 0.3 is 0 Å². The number of rotatable bonds is 3. The van der Waals surface area contributed by atoms with Crippen molar-refractivity contribution in [2.24, 2.45) is 0 Å². The molecule has 0 saturated heterocycles. The number of carbonyl (C=O) groups is 1. The SMILES string of the molecule is O=C(Nc1cc(F)ccc1[N+](=O)[O-])c1cnc[nH]1. The Morgan fingerprint density at radius 2 is 2.28 bits per heavy atom. The topological polar surface area (TPSA) is 101 Å². The number of carbonyl (C=O) groups excluding carboxylic acids is 1. The normalized spacial score (nSPS) is 10.1. The fourth-order valence-electron chi connectivity index (χ4n) is 1.34. The third-order valence-corrected chi connectivity index (χ3v) is 2.15. The molecule has 92 valence electrons. The summed E-state index contributed by atoms with van der Waals surface area (Å²) in [6, 6.07) is 2.81. The van der Waals surface area contributed by atoms with Gasteiger partial charge in [-0.15, -0.1) is 0 Å². The molecule has 2 aromatic rings. The average molecular weight is 250 g/mol. The van der Waals surface area contributed by atoms with Crippen molar-refractivity contribution in [1.82, 2.24) is 9.97 Å². The lowest BCUT2D eigenvalue weighted by Gasteiger charge is -2.04. The highest BCUT2D eigenvalue weighted by Crippen LogP contribution is 2.25. The van der Waals surface area contributed by atoms with Gasteiger partial charge in [-0.05, 0) is 6.07 Å². The second-order valence-electron chi connectivity index (χ2n) is 3.34. The predicted molar refractivity (Wildman–Crippen MR) is 59.6 cm³/mol. The predicted octanol–water partition coefficient (Wildman–Crippen LogP) is 1.71. The summed E-state index contributed by atoms with van der Waals surface area (Å²) >= 11 is 0. The molecule has 0 unspecified atom stereocenters.